The van der Waals surface area contributed by atoms with E-state index in [9.17, 15) is 0 Å². The molecule has 0 saturated heterocycles. The van der Waals surface area contributed by atoms with Crippen molar-refractivity contribution in [1.82, 2.24) is 0 Å². The van der Waals surface area contributed by atoms with E-state index in [-0.39, 0.29) is 17.4 Å². The summed E-state index contributed by atoms with van der Waals surface area (Å²) in [7, 11) is 10.1. The van der Waals surface area contributed by atoms with Crippen molar-refractivity contribution in [2.45, 2.75) is 0 Å². The third-order valence-electron chi connectivity index (χ3n) is 0. The van der Waals surface area contributed by atoms with E-state index in [4.69, 9.17) is 0 Å². The number of rotatable bonds is 0. The van der Waals surface area contributed by atoms with Gasteiger partial charge < -0.3 is 0 Å². The molecule has 0 amide bonds. The van der Waals surface area contributed by atoms with Gasteiger partial charge in [0.25, 0.3) is 0 Å². The van der Waals surface area contributed by atoms with Crippen molar-refractivity contribution in [2.24, 2.45) is 0 Å². The summed E-state index contributed by atoms with van der Waals surface area (Å²) in [5, 5.41) is 0. The van der Waals surface area contributed by atoms with Crippen LogP contribution in [-0.2, 0) is 0 Å². The number of halogens is 2. The van der Waals surface area contributed by atoms with Crippen LogP contribution < -0.4 is 0 Å². The van der Waals surface area contributed by atoms with Crippen molar-refractivity contribution < 1.29 is 0 Å². The molecule has 4 heteroatoms. The van der Waals surface area contributed by atoms with Crippen molar-refractivity contribution in [2.75, 3.05) is 0 Å². The fraction of sp³-hybridized carbons (Fsp3) is 0. The van der Waals surface area contributed by atoms with Crippen molar-refractivity contribution in [3.8, 4) is 0 Å². The Hall–Kier alpha value is 1.46. The van der Waals surface area contributed by atoms with Crippen LogP contribution in [0.3, 0.4) is 0 Å². The maximum absolute atomic E-state index is 4.68. The minimum Gasteiger partial charge on any atom is -0.0261 e. The Morgan fingerprint density at radius 1 is 1.25 bits per heavy atom. The molecule has 0 fully saturated rings. The Bertz CT molecular complexity index is 6.00. The lowest BCUT2D eigenvalue weighted by molar-refractivity contribution is 5.06. The smallest absolute Gasteiger partial charge is 0.0261 e. The summed E-state index contributed by atoms with van der Waals surface area (Å²) in [6.45, 7) is 0. The first-order valence-electron chi connectivity index (χ1n) is 0.309. The van der Waals surface area contributed by atoms with Gasteiger partial charge in [-0.3, -0.25) is 0 Å². The van der Waals surface area contributed by atoms with Gasteiger partial charge in [0.1, 0.15) is 0 Å². The first-order valence-corrected chi connectivity index (χ1v) is 2.78. The Kier molecular flexibility index (Phi) is 20.0. The molecule has 0 aromatic heterocycles. The van der Waals surface area contributed by atoms with Gasteiger partial charge in [0.05, 0.1) is 10.2 Å². The summed E-state index contributed by atoms with van der Waals surface area (Å²) in [5.41, 5.74) is 0. The average molecular weight is 130 g/mol. The Labute approximate surface area is 49.0 Å². The van der Waals surface area contributed by atoms with Gasteiger partial charge in [-0.05, 0) is 21.4 Å². The summed E-state index contributed by atoms with van der Waals surface area (Å²) >= 11 is 0. The Balaban J connectivity index is 0. The molecule has 0 rings (SSSR count). The second-order valence-electron chi connectivity index (χ2n) is 0.0583. The molecule has 0 atom stereocenters. The quantitative estimate of drug-likeness (QED) is 0.449. The summed E-state index contributed by atoms with van der Waals surface area (Å²) in [6.07, 6.45) is 0. The molecule has 0 unspecified atom stereocenters. The van der Waals surface area contributed by atoms with E-state index in [0.717, 1.165) is 0 Å². The highest BCUT2D eigenvalue weighted by Crippen LogP contribution is 2.08. The van der Waals surface area contributed by atoms with Crippen LogP contribution in [0.2, 0.25) is 0 Å². The van der Waals surface area contributed by atoms with E-state index in [0.29, 0.717) is 10.2 Å². The predicted molar refractivity (Wildman–Crippen MR) is 25.1 cm³/mol. The summed E-state index contributed by atoms with van der Waals surface area (Å²) in [5.74, 6) is 0. The number of hydrogen-bond donors (Lipinski definition) is 0. The van der Waals surface area contributed by atoms with Gasteiger partial charge in [-0.1, -0.05) is 0 Å². The lowest BCUT2D eigenvalue weighted by Crippen LogP contribution is -0.745. The molecule has 0 aliphatic rings. The van der Waals surface area contributed by atoms with Crippen LogP contribution in [-0.4, -0.2) is 17.4 Å². The van der Waals surface area contributed by atoms with Crippen LogP contribution in [0.4, 0.5) is 0 Å². The van der Waals surface area contributed by atoms with Crippen molar-refractivity contribution in [3.05, 3.63) is 0 Å². The molecule has 0 aliphatic heterocycles. The third kappa shape index (κ3) is 9.82. The van der Waals surface area contributed by atoms with Gasteiger partial charge in [0.15, 0.2) is 0 Å². The summed E-state index contributed by atoms with van der Waals surface area (Å²) in [4.78, 5) is 0. The van der Waals surface area contributed by atoms with Gasteiger partial charge in [-0.2, -0.15) is 0 Å². The zero-order valence-corrected chi connectivity index (χ0v) is 5.22. The fourth-order valence-electron chi connectivity index (χ4n) is 0. The highest BCUT2D eigenvalue weighted by Gasteiger charge is 1.43. The molecule has 0 heterocycles. The van der Waals surface area contributed by atoms with Gasteiger partial charge in [-0.25, -0.2) is 0 Å². The molecule has 0 nitrogen and oxygen atoms in total. The van der Waals surface area contributed by atoms with Crippen LogP contribution in [0, 0.1) is 0 Å². The van der Waals surface area contributed by atoms with E-state index in [1.807, 2.05) is 0 Å². The minimum absolute atomic E-state index is 0. The molecule has 0 aliphatic carbocycles. The van der Waals surface area contributed by atoms with Crippen molar-refractivity contribution in [1.29, 1.82) is 0 Å². The molecule has 4 heavy (non-hydrogen) atoms. The van der Waals surface area contributed by atoms with Gasteiger partial charge in [0, 0.05) is 17.4 Å². The third-order valence-corrected chi connectivity index (χ3v) is 0. The second-order valence-corrected chi connectivity index (χ2v) is 1.57. The van der Waals surface area contributed by atoms with Gasteiger partial charge in [0.2, 0.25) is 0 Å². The average Bonchev–Trinajstić information content (AvgIpc) is 0.918. The predicted octanol–water partition coefficient (Wildman–Crippen LogP) is 1.65. The van der Waals surface area contributed by atoms with Crippen LogP contribution in [0.25, 0.3) is 0 Å². The standard InChI is InChI=1S/Al.Cl2S/c;1-3-2. The van der Waals surface area contributed by atoms with E-state index in [1.54, 1.807) is 0 Å². The fourth-order valence-corrected chi connectivity index (χ4v) is 0. The topological polar surface area (TPSA) is 0 Å². The monoisotopic (exact) mass is 129 g/mol. The van der Waals surface area contributed by atoms with Crippen molar-refractivity contribution >= 4 is 48.9 Å². The van der Waals surface area contributed by atoms with E-state index in [1.165, 1.54) is 0 Å². The van der Waals surface area contributed by atoms with E-state index in [2.05, 4.69) is 21.4 Å². The molecule has 0 N–H and O–H groups in total. The Morgan fingerprint density at radius 3 is 1.25 bits per heavy atom. The first kappa shape index (κ1) is 9.07. The molecule has 0 spiro atoms. The molecule has 0 bridgehead atoms. The summed E-state index contributed by atoms with van der Waals surface area (Å²) < 4.78 is 0. The van der Waals surface area contributed by atoms with Crippen molar-refractivity contribution in [3.63, 3.8) is 0 Å². The lowest BCUT2D eigenvalue weighted by Gasteiger charge is -1.40. The molecule has 0 aromatic carbocycles. The molecular formula is AlCl2S. The molecule has 23 valence electrons. The highest BCUT2D eigenvalue weighted by atomic mass is 36.0. The first-order chi connectivity index (χ1) is 1.41. The maximum Gasteiger partial charge on any atom is 0.0523 e. The maximum atomic E-state index is 4.68. The second kappa shape index (κ2) is 8.82. The molecule has 0 saturated carbocycles. The SMILES string of the molecule is ClSCl.[Al]. The number of hydrogen-bond acceptors (Lipinski definition) is 1. The minimum atomic E-state index is 0. The van der Waals surface area contributed by atoms with E-state index < -0.39 is 0 Å². The lowest BCUT2D eigenvalue weighted by atomic mass is 27.0. The van der Waals surface area contributed by atoms with Gasteiger partial charge >= 0.3 is 0 Å². The van der Waals surface area contributed by atoms with Crippen LogP contribution in [0.5, 0.6) is 0 Å². The Morgan fingerprint density at radius 2 is 1.25 bits per heavy atom. The van der Waals surface area contributed by atoms with Crippen LogP contribution in [0.15, 0.2) is 0 Å². The summed E-state index contributed by atoms with van der Waals surface area (Å²) in [6, 6.07) is 0. The zero-order valence-electron chi connectivity index (χ0n) is 1.74. The molecule has 3 radical (unpaired) electrons. The van der Waals surface area contributed by atoms with Crippen LogP contribution >= 0.6 is 31.6 Å². The molecular weight excluding hydrogens is 130 g/mol. The van der Waals surface area contributed by atoms with Crippen LogP contribution in [0.1, 0.15) is 0 Å². The molecule has 0 aromatic rings. The van der Waals surface area contributed by atoms with Gasteiger partial charge in [-0.15, -0.1) is 0 Å². The van der Waals surface area contributed by atoms with E-state index >= 15 is 0 Å². The zero-order chi connectivity index (χ0) is 2.71. The highest BCUT2D eigenvalue weighted by molar-refractivity contribution is 8.38. The largest absolute Gasteiger partial charge is 0.0523 e. The normalized spacial score (nSPS) is 4.50.